The van der Waals surface area contributed by atoms with Crippen LogP contribution in [0.3, 0.4) is 0 Å². The van der Waals surface area contributed by atoms with Gasteiger partial charge in [-0.25, -0.2) is 4.79 Å². The number of nitrogens with zero attached hydrogens (tertiary/aromatic N) is 1. The zero-order chi connectivity index (χ0) is 19.0. The van der Waals surface area contributed by atoms with Gasteiger partial charge in [0.05, 0.1) is 0 Å². The van der Waals surface area contributed by atoms with Crippen LogP contribution in [0, 0.1) is 5.92 Å². The Bertz CT molecular complexity index is 745. The minimum absolute atomic E-state index is 0.0183. The first kappa shape index (κ1) is 18.0. The molecule has 2 N–H and O–H groups in total. The van der Waals surface area contributed by atoms with Gasteiger partial charge < -0.3 is 15.5 Å². The summed E-state index contributed by atoms with van der Waals surface area (Å²) < 4.78 is 0. The summed E-state index contributed by atoms with van der Waals surface area (Å²) >= 11 is 0. The van der Waals surface area contributed by atoms with Gasteiger partial charge in [0, 0.05) is 35.3 Å². The molecule has 1 saturated carbocycles. The molecule has 144 valence electrons. The van der Waals surface area contributed by atoms with Gasteiger partial charge in [-0.2, -0.15) is 0 Å². The molecule has 1 aromatic rings. The molecule has 0 spiro atoms. The molecule has 2 saturated heterocycles. The maximum Gasteiger partial charge on any atom is 0.322 e. The Labute approximate surface area is 159 Å². The van der Waals surface area contributed by atoms with Crippen molar-refractivity contribution >= 4 is 23.4 Å². The van der Waals surface area contributed by atoms with E-state index in [0.29, 0.717) is 11.3 Å². The molecule has 3 amide bonds. The highest BCUT2D eigenvalue weighted by Crippen LogP contribution is 2.36. The number of Topliss-reactive ketones (excluding diaryl/α,β-unsaturated/α-hetero) is 1. The van der Waals surface area contributed by atoms with Gasteiger partial charge in [0.25, 0.3) is 0 Å². The third-order valence-corrected chi connectivity index (χ3v) is 6.02. The summed E-state index contributed by atoms with van der Waals surface area (Å²) in [5, 5.41) is 6.17. The van der Waals surface area contributed by atoms with Gasteiger partial charge in [0.2, 0.25) is 5.91 Å². The Morgan fingerprint density at radius 2 is 1.74 bits per heavy atom. The fourth-order valence-electron chi connectivity index (χ4n) is 4.50. The molecule has 2 atom stereocenters. The largest absolute Gasteiger partial charge is 0.353 e. The van der Waals surface area contributed by atoms with E-state index in [9.17, 15) is 14.4 Å². The number of fused-ring (bicyclic) bond motifs is 2. The molecule has 6 nitrogen and oxygen atoms in total. The second-order valence-electron chi connectivity index (χ2n) is 8.16. The Morgan fingerprint density at radius 1 is 1.04 bits per heavy atom. The first-order chi connectivity index (χ1) is 13.0. The monoisotopic (exact) mass is 369 g/mol. The van der Waals surface area contributed by atoms with E-state index in [1.165, 1.54) is 6.92 Å². The third-order valence-electron chi connectivity index (χ3n) is 6.02. The Morgan fingerprint density at radius 3 is 2.37 bits per heavy atom. The molecule has 2 aliphatic heterocycles. The second-order valence-corrected chi connectivity index (χ2v) is 8.16. The van der Waals surface area contributed by atoms with Crippen LogP contribution >= 0.6 is 0 Å². The van der Waals surface area contributed by atoms with Crippen molar-refractivity contribution < 1.29 is 14.4 Å². The third kappa shape index (κ3) is 3.99. The summed E-state index contributed by atoms with van der Waals surface area (Å²) in [6.45, 7) is 1.52. The molecule has 0 aromatic heterocycles. The molecular weight excluding hydrogens is 342 g/mol. The van der Waals surface area contributed by atoms with Crippen molar-refractivity contribution in [2.75, 3.05) is 5.32 Å². The van der Waals surface area contributed by atoms with Gasteiger partial charge in [0.15, 0.2) is 5.78 Å². The van der Waals surface area contributed by atoms with Crippen molar-refractivity contribution in [3.8, 4) is 0 Å². The average molecular weight is 369 g/mol. The highest BCUT2D eigenvalue weighted by molar-refractivity contribution is 5.96. The lowest BCUT2D eigenvalue weighted by Gasteiger charge is -2.48. The molecule has 1 aromatic carbocycles. The lowest BCUT2D eigenvalue weighted by molar-refractivity contribution is -0.123. The summed E-state index contributed by atoms with van der Waals surface area (Å²) in [7, 11) is 0. The molecule has 4 rings (SSSR count). The van der Waals surface area contributed by atoms with Gasteiger partial charge in [-0.05, 0) is 64.0 Å². The normalized spacial score (nSPS) is 27.0. The number of amides is 3. The lowest BCUT2D eigenvalue weighted by atomic mass is 9.82. The summed E-state index contributed by atoms with van der Waals surface area (Å²) in [5.74, 6) is 0.395. The SMILES string of the molecule is CC(=O)c1cccc(NC(=O)N2[C@H]3CCC[C@H]2CC(NC(=O)C2CC2)C3)c1. The molecule has 2 bridgehead atoms. The zero-order valence-corrected chi connectivity index (χ0v) is 15.7. The smallest absolute Gasteiger partial charge is 0.322 e. The molecule has 1 aliphatic carbocycles. The number of hydrogen-bond acceptors (Lipinski definition) is 3. The van der Waals surface area contributed by atoms with Gasteiger partial charge in [-0.1, -0.05) is 12.1 Å². The molecule has 0 radical (unpaired) electrons. The molecule has 27 heavy (non-hydrogen) atoms. The van der Waals surface area contributed by atoms with Crippen LogP contribution < -0.4 is 10.6 Å². The summed E-state index contributed by atoms with van der Waals surface area (Å²) in [6.07, 6.45) is 6.77. The summed E-state index contributed by atoms with van der Waals surface area (Å²) in [4.78, 5) is 38.6. The van der Waals surface area contributed by atoms with Crippen LogP contribution in [-0.2, 0) is 4.79 Å². The average Bonchev–Trinajstić information content (AvgIpc) is 3.46. The lowest BCUT2D eigenvalue weighted by Crippen LogP contribution is -2.59. The van der Waals surface area contributed by atoms with Crippen LogP contribution in [0.4, 0.5) is 10.5 Å². The minimum Gasteiger partial charge on any atom is -0.353 e. The number of nitrogens with one attached hydrogen (secondary N) is 2. The zero-order valence-electron chi connectivity index (χ0n) is 15.7. The van der Waals surface area contributed by atoms with Crippen molar-refractivity contribution in [1.82, 2.24) is 10.2 Å². The number of ketones is 1. The van der Waals surface area contributed by atoms with Gasteiger partial charge in [-0.3, -0.25) is 9.59 Å². The van der Waals surface area contributed by atoms with Crippen LogP contribution in [0.5, 0.6) is 0 Å². The van der Waals surface area contributed by atoms with Crippen LogP contribution in [0.15, 0.2) is 24.3 Å². The number of urea groups is 1. The van der Waals surface area contributed by atoms with E-state index in [2.05, 4.69) is 10.6 Å². The van der Waals surface area contributed by atoms with E-state index in [1.807, 2.05) is 11.0 Å². The van der Waals surface area contributed by atoms with Crippen LogP contribution in [0.2, 0.25) is 0 Å². The first-order valence-corrected chi connectivity index (χ1v) is 10.0. The Balaban J connectivity index is 1.42. The number of benzene rings is 1. The topological polar surface area (TPSA) is 78.5 Å². The molecule has 2 heterocycles. The van der Waals surface area contributed by atoms with Crippen molar-refractivity contribution in [2.45, 2.75) is 70.0 Å². The van der Waals surface area contributed by atoms with E-state index in [-0.39, 0.29) is 41.8 Å². The fourth-order valence-corrected chi connectivity index (χ4v) is 4.50. The highest BCUT2D eigenvalue weighted by Gasteiger charge is 2.42. The predicted octanol–water partition coefficient (Wildman–Crippen LogP) is 3.33. The molecule has 0 unspecified atom stereocenters. The van der Waals surface area contributed by atoms with Gasteiger partial charge >= 0.3 is 6.03 Å². The van der Waals surface area contributed by atoms with Gasteiger partial charge in [-0.15, -0.1) is 0 Å². The maximum atomic E-state index is 13.0. The predicted molar refractivity (Wildman–Crippen MR) is 103 cm³/mol. The van der Waals surface area contributed by atoms with Gasteiger partial charge in [0.1, 0.15) is 0 Å². The minimum atomic E-state index is -0.0997. The quantitative estimate of drug-likeness (QED) is 0.799. The molecule has 3 aliphatic rings. The van der Waals surface area contributed by atoms with Crippen LogP contribution in [-0.4, -0.2) is 40.7 Å². The first-order valence-electron chi connectivity index (χ1n) is 10.0. The Kier molecular flexibility index (Phi) is 4.89. The number of anilines is 1. The number of hydrogen-bond donors (Lipinski definition) is 2. The standard InChI is InChI=1S/C21H27N3O3/c1-13(25)15-4-2-5-16(10-15)23-21(27)24-18-6-3-7-19(24)12-17(11-18)22-20(26)14-8-9-14/h2,4-5,10,14,17-19H,3,6-9,11-12H2,1H3,(H,22,26)(H,23,27)/t18-,19-/m0/s1. The van der Waals surface area contributed by atoms with E-state index in [0.717, 1.165) is 44.9 Å². The maximum absolute atomic E-state index is 13.0. The van der Waals surface area contributed by atoms with E-state index in [4.69, 9.17) is 0 Å². The number of carbonyl (C=O) groups excluding carboxylic acids is 3. The van der Waals surface area contributed by atoms with Crippen molar-refractivity contribution in [1.29, 1.82) is 0 Å². The number of piperidine rings is 2. The van der Waals surface area contributed by atoms with Crippen molar-refractivity contribution in [2.24, 2.45) is 5.92 Å². The second kappa shape index (κ2) is 7.33. The highest BCUT2D eigenvalue weighted by atomic mass is 16.2. The fraction of sp³-hybridized carbons (Fsp3) is 0.571. The molecular formula is C21H27N3O3. The molecule has 6 heteroatoms. The summed E-state index contributed by atoms with van der Waals surface area (Å²) in [6, 6.07) is 7.47. The van der Waals surface area contributed by atoms with Crippen molar-refractivity contribution in [3.63, 3.8) is 0 Å². The summed E-state index contributed by atoms with van der Waals surface area (Å²) in [5.41, 5.74) is 1.24. The van der Waals surface area contributed by atoms with Crippen LogP contribution in [0.1, 0.15) is 62.2 Å². The number of carbonyl (C=O) groups is 3. The van der Waals surface area contributed by atoms with E-state index in [1.54, 1.807) is 18.2 Å². The Hall–Kier alpha value is -2.37. The van der Waals surface area contributed by atoms with E-state index < -0.39 is 0 Å². The van der Waals surface area contributed by atoms with Crippen molar-refractivity contribution in [3.05, 3.63) is 29.8 Å². The van der Waals surface area contributed by atoms with Crippen LogP contribution in [0.25, 0.3) is 0 Å². The number of rotatable bonds is 4. The van der Waals surface area contributed by atoms with E-state index >= 15 is 0 Å². The molecule has 3 fully saturated rings.